The van der Waals surface area contributed by atoms with Crippen molar-refractivity contribution < 1.29 is 9.18 Å². The maximum atomic E-state index is 13.5. The number of carbonyl (C=O) groups excluding carboxylic acids is 1. The van der Waals surface area contributed by atoms with Crippen molar-refractivity contribution >= 4 is 5.91 Å². The van der Waals surface area contributed by atoms with Gasteiger partial charge in [0.2, 0.25) is 5.91 Å². The monoisotopic (exact) mass is 249 g/mol. The third-order valence-corrected chi connectivity index (χ3v) is 2.73. The highest BCUT2D eigenvalue weighted by molar-refractivity contribution is 5.78. The maximum Gasteiger partial charge on any atom is 0.226 e. The molecule has 5 heteroatoms. The number of amides is 1. The number of halogens is 1. The van der Waals surface area contributed by atoms with E-state index in [9.17, 15) is 9.18 Å². The number of carbonyl (C=O) groups is 1. The number of nitrogens with zero attached hydrogens (tertiary/aromatic N) is 2. The first kappa shape index (κ1) is 14.1. The fourth-order valence-electron chi connectivity index (χ4n) is 1.58. The molecule has 2 N–H and O–H groups in total. The number of hydrogen-bond acceptors (Lipinski definition) is 3. The predicted molar refractivity (Wildman–Crippen MR) is 65.8 cm³/mol. The topological polar surface area (TPSA) is 70.1 Å². The van der Waals surface area contributed by atoms with Gasteiger partial charge in [0.05, 0.1) is 11.6 Å². The van der Waals surface area contributed by atoms with E-state index in [0.717, 1.165) is 0 Å². The van der Waals surface area contributed by atoms with Gasteiger partial charge in [-0.15, -0.1) is 0 Å². The lowest BCUT2D eigenvalue weighted by Crippen LogP contribution is -2.34. The second-order valence-corrected chi connectivity index (χ2v) is 4.25. The summed E-state index contributed by atoms with van der Waals surface area (Å²) in [6.07, 6.45) is 0. The molecule has 0 spiro atoms. The Bertz CT molecular complexity index is 482. The highest BCUT2D eigenvalue weighted by Crippen LogP contribution is 2.13. The van der Waals surface area contributed by atoms with Crippen LogP contribution in [0.3, 0.4) is 0 Å². The quantitative estimate of drug-likeness (QED) is 0.873. The zero-order valence-corrected chi connectivity index (χ0v) is 10.5. The lowest BCUT2D eigenvalue weighted by atomic mass is 10.1. The molecule has 0 aliphatic heterocycles. The Morgan fingerprint density at radius 1 is 1.61 bits per heavy atom. The molecule has 1 amide bonds. The summed E-state index contributed by atoms with van der Waals surface area (Å²) in [5.74, 6) is -0.856. The third kappa shape index (κ3) is 3.28. The molecule has 0 radical (unpaired) electrons. The minimum atomic E-state index is -0.422. The fourth-order valence-corrected chi connectivity index (χ4v) is 1.58. The molecule has 0 aromatic heterocycles. The molecule has 96 valence electrons. The summed E-state index contributed by atoms with van der Waals surface area (Å²) < 4.78 is 13.5. The molecule has 1 atom stereocenters. The molecule has 18 heavy (non-hydrogen) atoms. The minimum absolute atomic E-state index is 0.129. The first-order valence-electron chi connectivity index (χ1n) is 5.63. The van der Waals surface area contributed by atoms with Gasteiger partial charge < -0.3 is 10.6 Å². The third-order valence-electron chi connectivity index (χ3n) is 2.73. The minimum Gasteiger partial charge on any atom is -0.341 e. The molecule has 1 unspecified atom stereocenters. The van der Waals surface area contributed by atoms with E-state index < -0.39 is 5.82 Å². The number of rotatable bonds is 4. The zero-order chi connectivity index (χ0) is 13.7. The lowest BCUT2D eigenvalue weighted by Gasteiger charge is -2.21. The van der Waals surface area contributed by atoms with Crippen LogP contribution in [0.5, 0.6) is 0 Å². The Hall–Kier alpha value is -1.93. The van der Waals surface area contributed by atoms with Crippen molar-refractivity contribution in [3.05, 3.63) is 35.1 Å². The number of hydrogen-bond donors (Lipinski definition) is 1. The predicted octanol–water partition coefficient (Wildman–Crippen LogP) is 1.25. The lowest BCUT2D eigenvalue weighted by molar-refractivity contribution is -0.133. The van der Waals surface area contributed by atoms with E-state index in [2.05, 4.69) is 0 Å². The molecular weight excluding hydrogens is 233 g/mol. The SMILES string of the molecule is CC(CN)C(=O)N(C)Cc1cc(C#N)ccc1F. The van der Waals surface area contributed by atoms with E-state index in [0.29, 0.717) is 11.1 Å². The highest BCUT2D eigenvalue weighted by atomic mass is 19.1. The first-order chi connectivity index (χ1) is 8.49. The van der Waals surface area contributed by atoms with Gasteiger partial charge in [-0.3, -0.25) is 4.79 Å². The Morgan fingerprint density at radius 3 is 2.83 bits per heavy atom. The Balaban J connectivity index is 2.85. The van der Waals surface area contributed by atoms with Crippen LogP contribution in [0.2, 0.25) is 0 Å². The molecule has 0 saturated heterocycles. The van der Waals surface area contributed by atoms with Gasteiger partial charge in [0.15, 0.2) is 0 Å². The average Bonchev–Trinajstić information content (AvgIpc) is 2.39. The molecule has 0 saturated carbocycles. The Labute approximate surface area is 106 Å². The molecule has 0 aliphatic carbocycles. The molecular formula is C13H16FN3O. The van der Waals surface area contributed by atoms with Crippen LogP contribution >= 0.6 is 0 Å². The number of benzene rings is 1. The summed E-state index contributed by atoms with van der Waals surface area (Å²) in [6, 6.07) is 6.03. The Morgan fingerprint density at radius 2 is 2.28 bits per heavy atom. The summed E-state index contributed by atoms with van der Waals surface area (Å²) in [6.45, 7) is 2.11. The van der Waals surface area contributed by atoms with Crippen LogP contribution in [0, 0.1) is 23.1 Å². The van der Waals surface area contributed by atoms with Gasteiger partial charge in [-0.05, 0) is 18.2 Å². The van der Waals surface area contributed by atoms with Gasteiger partial charge in [-0.25, -0.2) is 4.39 Å². The van der Waals surface area contributed by atoms with Crippen LogP contribution in [-0.2, 0) is 11.3 Å². The van der Waals surface area contributed by atoms with Crippen molar-refractivity contribution in [3.8, 4) is 6.07 Å². The van der Waals surface area contributed by atoms with Crippen molar-refractivity contribution in [2.45, 2.75) is 13.5 Å². The average molecular weight is 249 g/mol. The first-order valence-corrected chi connectivity index (χ1v) is 5.63. The van der Waals surface area contributed by atoms with Gasteiger partial charge >= 0.3 is 0 Å². The summed E-state index contributed by atoms with van der Waals surface area (Å²) in [7, 11) is 1.59. The fraction of sp³-hybridized carbons (Fsp3) is 0.385. The van der Waals surface area contributed by atoms with E-state index in [1.807, 2.05) is 6.07 Å². The van der Waals surface area contributed by atoms with E-state index in [-0.39, 0.29) is 24.9 Å². The Kier molecular flexibility index (Phi) is 4.81. The van der Waals surface area contributed by atoms with Crippen LogP contribution in [0.15, 0.2) is 18.2 Å². The molecule has 0 bridgehead atoms. The molecule has 0 heterocycles. The highest BCUT2D eigenvalue weighted by Gasteiger charge is 2.17. The van der Waals surface area contributed by atoms with Crippen molar-refractivity contribution in [2.24, 2.45) is 11.7 Å². The molecule has 1 aromatic rings. The summed E-state index contributed by atoms with van der Waals surface area (Å²) >= 11 is 0. The second-order valence-electron chi connectivity index (χ2n) is 4.25. The molecule has 1 aromatic carbocycles. The van der Waals surface area contributed by atoms with Crippen molar-refractivity contribution in [1.29, 1.82) is 5.26 Å². The van der Waals surface area contributed by atoms with Crippen LogP contribution in [0.25, 0.3) is 0 Å². The van der Waals surface area contributed by atoms with Crippen molar-refractivity contribution in [3.63, 3.8) is 0 Å². The largest absolute Gasteiger partial charge is 0.341 e. The zero-order valence-electron chi connectivity index (χ0n) is 10.5. The smallest absolute Gasteiger partial charge is 0.226 e. The van der Waals surface area contributed by atoms with Gasteiger partial charge in [-0.2, -0.15) is 5.26 Å². The van der Waals surface area contributed by atoms with Crippen LogP contribution in [-0.4, -0.2) is 24.4 Å². The molecule has 0 aliphatic rings. The van der Waals surface area contributed by atoms with E-state index in [1.54, 1.807) is 14.0 Å². The van der Waals surface area contributed by atoms with Gasteiger partial charge in [0, 0.05) is 31.6 Å². The van der Waals surface area contributed by atoms with E-state index >= 15 is 0 Å². The van der Waals surface area contributed by atoms with Crippen molar-refractivity contribution in [1.82, 2.24) is 4.90 Å². The van der Waals surface area contributed by atoms with Crippen LogP contribution in [0.4, 0.5) is 4.39 Å². The van der Waals surface area contributed by atoms with Gasteiger partial charge in [0.25, 0.3) is 0 Å². The van der Waals surface area contributed by atoms with Crippen LogP contribution < -0.4 is 5.73 Å². The molecule has 0 fully saturated rings. The summed E-state index contributed by atoms with van der Waals surface area (Å²) in [5, 5.41) is 8.75. The van der Waals surface area contributed by atoms with E-state index in [1.165, 1.54) is 23.1 Å². The number of nitriles is 1. The summed E-state index contributed by atoms with van der Waals surface area (Å²) in [5.41, 5.74) is 6.12. The van der Waals surface area contributed by atoms with Crippen molar-refractivity contribution in [2.75, 3.05) is 13.6 Å². The standard InChI is InChI=1S/C13H16FN3O/c1-9(6-15)13(18)17(2)8-11-5-10(7-16)3-4-12(11)14/h3-5,9H,6,8,15H2,1-2H3. The number of nitrogens with two attached hydrogens (primary N) is 1. The normalized spacial score (nSPS) is 11.7. The van der Waals surface area contributed by atoms with E-state index in [4.69, 9.17) is 11.0 Å². The van der Waals surface area contributed by atoms with Gasteiger partial charge in [-0.1, -0.05) is 6.92 Å². The molecule has 1 rings (SSSR count). The second kappa shape index (κ2) is 6.12. The maximum absolute atomic E-state index is 13.5. The molecule has 4 nitrogen and oxygen atoms in total. The summed E-state index contributed by atoms with van der Waals surface area (Å²) in [4.78, 5) is 13.2. The van der Waals surface area contributed by atoms with Crippen LogP contribution in [0.1, 0.15) is 18.1 Å². The van der Waals surface area contributed by atoms with Gasteiger partial charge in [0.1, 0.15) is 5.82 Å².